The van der Waals surface area contributed by atoms with Gasteiger partial charge in [0.2, 0.25) is 5.91 Å². The number of hydrogen-bond donors (Lipinski definition) is 1. The van der Waals surface area contributed by atoms with Crippen molar-refractivity contribution in [1.82, 2.24) is 4.90 Å². The van der Waals surface area contributed by atoms with E-state index in [4.69, 9.17) is 10.5 Å². The van der Waals surface area contributed by atoms with E-state index in [1.54, 1.807) is 0 Å². The lowest BCUT2D eigenvalue weighted by atomic mass is 9.83. The summed E-state index contributed by atoms with van der Waals surface area (Å²) in [5.74, 6) is 0.196. The Balaban J connectivity index is 1.91. The second-order valence-corrected chi connectivity index (χ2v) is 6.09. The van der Waals surface area contributed by atoms with Gasteiger partial charge in [0.25, 0.3) is 0 Å². The summed E-state index contributed by atoms with van der Waals surface area (Å²) in [6, 6.07) is 0.0136. The van der Waals surface area contributed by atoms with E-state index in [0.29, 0.717) is 6.54 Å². The summed E-state index contributed by atoms with van der Waals surface area (Å²) in [7, 11) is 1.89. The molecule has 1 aliphatic heterocycles. The summed E-state index contributed by atoms with van der Waals surface area (Å²) < 4.78 is 5.70. The smallest absolute Gasteiger partial charge is 0.229 e. The molecule has 4 heteroatoms. The molecule has 1 saturated heterocycles. The van der Waals surface area contributed by atoms with E-state index >= 15 is 0 Å². The van der Waals surface area contributed by atoms with Crippen LogP contribution in [0.1, 0.15) is 45.4 Å². The van der Waals surface area contributed by atoms with E-state index in [0.717, 1.165) is 38.7 Å². The summed E-state index contributed by atoms with van der Waals surface area (Å²) >= 11 is 0. The first kappa shape index (κ1) is 13.8. The Bertz CT molecular complexity index is 302. The highest BCUT2D eigenvalue weighted by atomic mass is 16.5. The van der Waals surface area contributed by atoms with Gasteiger partial charge in [-0.3, -0.25) is 4.79 Å². The number of amides is 1. The fourth-order valence-electron chi connectivity index (χ4n) is 3.23. The summed E-state index contributed by atoms with van der Waals surface area (Å²) in [6.45, 7) is 3.57. The first-order valence-electron chi connectivity index (χ1n) is 7.17. The fourth-order valence-corrected chi connectivity index (χ4v) is 3.23. The van der Waals surface area contributed by atoms with Crippen molar-refractivity contribution in [3.8, 4) is 0 Å². The Morgan fingerprint density at radius 2 is 2.17 bits per heavy atom. The van der Waals surface area contributed by atoms with Crippen molar-refractivity contribution in [2.24, 2.45) is 11.1 Å². The van der Waals surface area contributed by atoms with Crippen LogP contribution in [0.25, 0.3) is 0 Å². The van der Waals surface area contributed by atoms with Gasteiger partial charge in [0, 0.05) is 26.2 Å². The molecule has 1 heterocycles. The third-order valence-corrected chi connectivity index (χ3v) is 4.62. The molecule has 0 bridgehead atoms. The number of ether oxygens (including phenoxy) is 1. The van der Waals surface area contributed by atoms with Crippen molar-refractivity contribution in [2.75, 3.05) is 20.2 Å². The average molecular weight is 254 g/mol. The molecule has 18 heavy (non-hydrogen) atoms. The zero-order valence-electron chi connectivity index (χ0n) is 11.7. The minimum Gasteiger partial charge on any atom is -0.376 e. The van der Waals surface area contributed by atoms with E-state index in [2.05, 4.69) is 0 Å². The van der Waals surface area contributed by atoms with Gasteiger partial charge < -0.3 is 15.4 Å². The zero-order valence-corrected chi connectivity index (χ0v) is 11.7. The van der Waals surface area contributed by atoms with E-state index in [9.17, 15) is 4.79 Å². The predicted octanol–water partition coefficient (Wildman–Crippen LogP) is 1.53. The standard InChI is InChI=1S/C14H26N2O2/c1-14(8-5-7-12(14)15)13(17)16(2)10-11-6-3-4-9-18-11/h11-12H,3-10,15H2,1-2H3. The van der Waals surface area contributed by atoms with Gasteiger partial charge in [-0.15, -0.1) is 0 Å². The van der Waals surface area contributed by atoms with E-state index in [1.807, 2.05) is 18.9 Å². The molecule has 3 unspecified atom stereocenters. The topological polar surface area (TPSA) is 55.6 Å². The molecule has 2 fully saturated rings. The maximum atomic E-state index is 12.5. The third kappa shape index (κ3) is 2.69. The molecule has 1 aliphatic carbocycles. The molecule has 0 aromatic carbocycles. The molecule has 2 aliphatic rings. The quantitative estimate of drug-likeness (QED) is 0.831. The predicted molar refractivity (Wildman–Crippen MR) is 71.2 cm³/mol. The van der Waals surface area contributed by atoms with Gasteiger partial charge in [-0.05, 0) is 39.0 Å². The molecule has 2 N–H and O–H groups in total. The fraction of sp³-hybridized carbons (Fsp3) is 0.929. The Morgan fingerprint density at radius 3 is 2.72 bits per heavy atom. The summed E-state index contributed by atoms with van der Waals surface area (Å²) in [4.78, 5) is 14.4. The van der Waals surface area contributed by atoms with Gasteiger partial charge in [0.1, 0.15) is 0 Å². The maximum Gasteiger partial charge on any atom is 0.229 e. The highest BCUT2D eigenvalue weighted by molar-refractivity contribution is 5.83. The van der Waals surface area contributed by atoms with Crippen LogP contribution in [0.3, 0.4) is 0 Å². The Labute approximate surface area is 110 Å². The van der Waals surface area contributed by atoms with Crippen LogP contribution in [0.4, 0.5) is 0 Å². The normalized spacial score (nSPS) is 36.6. The summed E-state index contributed by atoms with van der Waals surface area (Å²) in [5, 5.41) is 0. The number of hydrogen-bond acceptors (Lipinski definition) is 3. The van der Waals surface area contributed by atoms with Gasteiger partial charge >= 0.3 is 0 Å². The molecule has 1 amide bonds. The second kappa shape index (κ2) is 5.57. The molecule has 1 saturated carbocycles. The summed E-state index contributed by atoms with van der Waals surface area (Å²) in [6.07, 6.45) is 6.60. The number of likely N-dealkylation sites (N-methyl/N-ethyl adjacent to an activating group) is 1. The highest BCUT2D eigenvalue weighted by Gasteiger charge is 2.44. The molecular formula is C14H26N2O2. The van der Waals surface area contributed by atoms with Crippen LogP contribution in [0.15, 0.2) is 0 Å². The molecule has 2 rings (SSSR count). The molecule has 0 aromatic rings. The minimum atomic E-state index is -0.358. The van der Waals surface area contributed by atoms with Gasteiger partial charge in [0.15, 0.2) is 0 Å². The van der Waals surface area contributed by atoms with Crippen molar-refractivity contribution in [1.29, 1.82) is 0 Å². The first-order chi connectivity index (χ1) is 8.54. The van der Waals surface area contributed by atoms with Gasteiger partial charge in [-0.2, -0.15) is 0 Å². The highest BCUT2D eigenvalue weighted by Crippen LogP contribution is 2.38. The maximum absolute atomic E-state index is 12.5. The zero-order chi connectivity index (χ0) is 13.2. The molecule has 0 spiro atoms. The van der Waals surface area contributed by atoms with E-state index < -0.39 is 0 Å². The SMILES string of the molecule is CN(CC1CCCCO1)C(=O)C1(C)CCCC1N. The van der Waals surface area contributed by atoms with Gasteiger partial charge in [0.05, 0.1) is 11.5 Å². The molecule has 0 radical (unpaired) electrons. The molecule has 4 nitrogen and oxygen atoms in total. The van der Waals surface area contributed by atoms with Crippen molar-refractivity contribution in [2.45, 2.75) is 57.6 Å². The van der Waals surface area contributed by atoms with Crippen LogP contribution < -0.4 is 5.73 Å². The number of rotatable bonds is 3. The van der Waals surface area contributed by atoms with Crippen LogP contribution in [0, 0.1) is 5.41 Å². The van der Waals surface area contributed by atoms with Crippen molar-refractivity contribution in [3.05, 3.63) is 0 Å². The Morgan fingerprint density at radius 1 is 1.39 bits per heavy atom. The van der Waals surface area contributed by atoms with Crippen LogP contribution >= 0.6 is 0 Å². The van der Waals surface area contributed by atoms with Crippen molar-refractivity contribution < 1.29 is 9.53 Å². The van der Waals surface area contributed by atoms with Crippen LogP contribution in [0.2, 0.25) is 0 Å². The van der Waals surface area contributed by atoms with Gasteiger partial charge in [-0.1, -0.05) is 6.42 Å². The molecule has 0 aromatic heterocycles. The van der Waals surface area contributed by atoms with Crippen LogP contribution in [-0.2, 0) is 9.53 Å². The number of nitrogens with zero attached hydrogens (tertiary/aromatic N) is 1. The Kier molecular flexibility index (Phi) is 4.28. The first-order valence-corrected chi connectivity index (χ1v) is 7.17. The largest absolute Gasteiger partial charge is 0.376 e. The average Bonchev–Trinajstić information content (AvgIpc) is 2.71. The lowest BCUT2D eigenvalue weighted by Gasteiger charge is -2.35. The third-order valence-electron chi connectivity index (χ3n) is 4.62. The monoisotopic (exact) mass is 254 g/mol. The number of nitrogens with two attached hydrogens (primary N) is 1. The lowest BCUT2D eigenvalue weighted by Crippen LogP contribution is -2.50. The minimum absolute atomic E-state index is 0.0136. The lowest BCUT2D eigenvalue weighted by molar-refractivity contribution is -0.142. The van der Waals surface area contributed by atoms with Crippen molar-refractivity contribution >= 4 is 5.91 Å². The summed E-state index contributed by atoms with van der Waals surface area (Å²) in [5.41, 5.74) is 5.75. The Hall–Kier alpha value is -0.610. The molecular weight excluding hydrogens is 228 g/mol. The van der Waals surface area contributed by atoms with Crippen LogP contribution in [-0.4, -0.2) is 43.2 Å². The van der Waals surface area contributed by atoms with E-state index in [1.165, 1.54) is 6.42 Å². The van der Waals surface area contributed by atoms with Gasteiger partial charge in [-0.25, -0.2) is 0 Å². The number of carbonyl (C=O) groups excluding carboxylic acids is 1. The van der Waals surface area contributed by atoms with Crippen molar-refractivity contribution in [3.63, 3.8) is 0 Å². The van der Waals surface area contributed by atoms with E-state index in [-0.39, 0.29) is 23.5 Å². The number of carbonyl (C=O) groups is 1. The molecule has 104 valence electrons. The van der Waals surface area contributed by atoms with Crippen LogP contribution in [0.5, 0.6) is 0 Å². The molecule has 3 atom stereocenters. The second-order valence-electron chi connectivity index (χ2n) is 6.09.